The van der Waals surface area contributed by atoms with Gasteiger partial charge in [-0.25, -0.2) is 0 Å². The Labute approximate surface area is 163 Å². The normalized spacial score (nSPS) is 22.3. The Bertz CT molecular complexity index is 570. The molecule has 0 nitrogen and oxygen atoms in total. The molecule has 0 heteroatoms. The molecule has 0 saturated heterocycles. The van der Waals surface area contributed by atoms with E-state index in [0.29, 0.717) is 5.41 Å². The van der Waals surface area contributed by atoms with Crippen molar-refractivity contribution < 1.29 is 0 Å². The summed E-state index contributed by atoms with van der Waals surface area (Å²) in [6, 6.07) is 7.78. The van der Waals surface area contributed by atoms with Gasteiger partial charge in [-0.1, -0.05) is 78.1 Å². The van der Waals surface area contributed by atoms with Crippen LogP contribution in [-0.2, 0) is 11.8 Å². The van der Waals surface area contributed by atoms with Gasteiger partial charge in [-0.15, -0.1) is 0 Å². The molecule has 2 aliphatic carbocycles. The molecule has 2 saturated carbocycles. The highest BCUT2D eigenvalue weighted by atomic mass is 14.5. The van der Waals surface area contributed by atoms with E-state index < -0.39 is 0 Å². The first kappa shape index (κ1) is 20.0. The SMILES string of the molecule is CCCc1[c]c(C)c(C)[c]c1C1(C(CC)C2CCCCC2)CCCCC1. The Balaban J connectivity index is 2.08. The molecule has 2 fully saturated rings. The maximum absolute atomic E-state index is 3.96. The van der Waals surface area contributed by atoms with Crippen LogP contribution in [0.15, 0.2) is 0 Å². The van der Waals surface area contributed by atoms with E-state index in [2.05, 4.69) is 39.8 Å². The lowest BCUT2D eigenvalue weighted by Crippen LogP contribution is -2.42. The fraction of sp³-hybridized carbons (Fsp3) is 0.769. The zero-order chi connectivity index (χ0) is 18.6. The van der Waals surface area contributed by atoms with Gasteiger partial charge < -0.3 is 0 Å². The van der Waals surface area contributed by atoms with Crippen LogP contribution < -0.4 is 0 Å². The summed E-state index contributed by atoms with van der Waals surface area (Å²) in [6.45, 7) is 9.27. The average Bonchev–Trinajstić information content (AvgIpc) is 2.67. The van der Waals surface area contributed by atoms with Crippen molar-refractivity contribution in [1.82, 2.24) is 0 Å². The molecule has 2 radical (unpaired) electrons. The summed E-state index contributed by atoms with van der Waals surface area (Å²) in [5.74, 6) is 1.79. The third kappa shape index (κ3) is 3.90. The van der Waals surface area contributed by atoms with Crippen LogP contribution in [0.2, 0.25) is 0 Å². The van der Waals surface area contributed by atoms with Crippen molar-refractivity contribution in [2.45, 2.75) is 117 Å². The smallest absolute Gasteiger partial charge is 0.000702 e. The van der Waals surface area contributed by atoms with Gasteiger partial charge in [0.2, 0.25) is 0 Å². The number of hydrogen-bond donors (Lipinski definition) is 0. The molecule has 0 amide bonds. The van der Waals surface area contributed by atoms with Gasteiger partial charge in [0.05, 0.1) is 0 Å². The topological polar surface area (TPSA) is 0 Å². The van der Waals surface area contributed by atoms with Gasteiger partial charge in [-0.2, -0.15) is 0 Å². The van der Waals surface area contributed by atoms with Crippen LogP contribution in [0, 0.1) is 37.8 Å². The summed E-state index contributed by atoms with van der Waals surface area (Å²) < 4.78 is 0. The molecule has 0 aromatic heterocycles. The molecule has 1 unspecified atom stereocenters. The van der Waals surface area contributed by atoms with Gasteiger partial charge in [0.1, 0.15) is 0 Å². The van der Waals surface area contributed by atoms with E-state index in [1.807, 2.05) is 0 Å². The fourth-order valence-electron chi connectivity index (χ4n) is 6.30. The number of hydrogen-bond acceptors (Lipinski definition) is 0. The molecule has 0 bridgehead atoms. The van der Waals surface area contributed by atoms with Crippen molar-refractivity contribution >= 4 is 0 Å². The minimum atomic E-state index is 0.383. The first-order valence-corrected chi connectivity index (χ1v) is 11.6. The van der Waals surface area contributed by atoms with E-state index in [1.165, 1.54) is 100 Å². The Morgan fingerprint density at radius 2 is 1.50 bits per heavy atom. The largest absolute Gasteiger partial charge is 0.0651 e. The van der Waals surface area contributed by atoms with E-state index in [0.717, 1.165) is 11.8 Å². The third-order valence-electron chi connectivity index (χ3n) is 7.63. The minimum Gasteiger partial charge on any atom is -0.0651 e. The number of rotatable bonds is 6. The highest BCUT2D eigenvalue weighted by molar-refractivity contribution is 5.41. The minimum absolute atomic E-state index is 0.383. The zero-order valence-corrected chi connectivity index (χ0v) is 17.8. The lowest BCUT2D eigenvalue weighted by atomic mass is 9.55. The van der Waals surface area contributed by atoms with Gasteiger partial charge in [-0.3, -0.25) is 0 Å². The third-order valence-corrected chi connectivity index (χ3v) is 7.63. The summed E-state index contributed by atoms with van der Waals surface area (Å²) >= 11 is 0. The molecular formula is C26H40. The quantitative estimate of drug-likeness (QED) is 0.493. The van der Waals surface area contributed by atoms with Crippen molar-refractivity contribution in [2.24, 2.45) is 11.8 Å². The predicted octanol–water partition coefficient (Wildman–Crippen LogP) is 7.66. The Hall–Kier alpha value is -0.780. The first-order valence-electron chi connectivity index (χ1n) is 11.6. The molecule has 1 aromatic rings. The number of benzene rings is 1. The average molecular weight is 353 g/mol. The summed E-state index contributed by atoms with van der Waals surface area (Å²) in [7, 11) is 0. The van der Waals surface area contributed by atoms with Gasteiger partial charge in [0.25, 0.3) is 0 Å². The maximum atomic E-state index is 3.96. The molecule has 3 rings (SSSR count). The molecule has 1 aromatic carbocycles. The van der Waals surface area contributed by atoms with Crippen molar-refractivity contribution in [1.29, 1.82) is 0 Å². The van der Waals surface area contributed by atoms with Crippen LogP contribution in [0.5, 0.6) is 0 Å². The zero-order valence-electron chi connectivity index (χ0n) is 17.8. The highest BCUT2D eigenvalue weighted by Crippen LogP contribution is 2.52. The van der Waals surface area contributed by atoms with Crippen molar-refractivity contribution in [2.75, 3.05) is 0 Å². The monoisotopic (exact) mass is 352 g/mol. The second-order valence-electron chi connectivity index (χ2n) is 9.23. The van der Waals surface area contributed by atoms with Crippen LogP contribution in [0.3, 0.4) is 0 Å². The molecule has 0 spiro atoms. The summed E-state index contributed by atoms with van der Waals surface area (Å²) in [5, 5.41) is 0. The van der Waals surface area contributed by atoms with Crippen LogP contribution >= 0.6 is 0 Å². The predicted molar refractivity (Wildman–Crippen MR) is 113 cm³/mol. The van der Waals surface area contributed by atoms with E-state index in [1.54, 1.807) is 5.56 Å². The van der Waals surface area contributed by atoms with Crippen molar-refractivity contribution in [3.63, 3.8) is 0 Å². The molecule has 1 atom stereocenters. The van der Waals surface area contributed by atoms with E-state index in [4.69, 9.17) is 0 Å². The van der Waals surface area contributed by atoms with Gasteiger partial charge in [0, 0.05) is 0 Å². The van der Waals surface area contributed by atoms with Gasteiger partial charge >= 0.3 is 0 Å². The standard InChI is InChI=1S/C26H40/c1-5-13-23-18-20(3)21(4)19-25(23)26(16-11-8-12-17-26)24(6-2)22-14-9-7-10-15-22/h22,24H,5-17H2,1-4H3. The number of aryl methyl sites for hydroxylation is 3. The molecular weight excluding hydrogens is 312 g/mol. The molecule has 0 N–H and O–H groups in total. The van der Waals surface area contributed by atoms with Crippen LogP contribution in [0.4, 0.5) is 0 Å². The molecule has 2 aliphatic rings. The van der Waals surface area contributed by atoms with Crippen molar-refractivity contribution in [3.05, 3.63) is 34.4 Å². The van der Waals surface area contributed by atoms with E-state index >= 15 is 0 Å². The van der Waals surface area contributed by atoms with Crippen molar-refractivity contribution in [3.8, 4) is 0 Å². The van der Waals surface area contributed by atoms with E-state index in [-0.39, 0.29) is 0 Å². The summed E-state index contributed by atoms with van der Waals surface area (Å²) in [4.78, 5) is 0. The van der Waals surface area contributed by atoms with Crippen LogP contribution in [0.1, 0.15) is 113 Å². The Kier molecular flexibility index (Phi) is 6.87. The van der Waals surface area contributed by atoms with Gasteiger partial charge in [-0.05, 0) is 84.7 Å². The van der Waals surface area contributed by atoms with Crippen LogP contribution in [-0.4, -0.2) is 0 Å². The highest BCUT2D eigenvalue weighted by Gasteiger charge is 2.45. The lowest BCUT2D eigenvalue weighted by Gasteiger charge is -2.49. The second kappa shape index (κ2) is 8.94. The summed E-state index contributed by atoms with van der Waals surface area (Å²) in [5.41, 5.74) is 6.14. The van der Waals surface area contributed by atoms with Gasteiger partial charge in [0.15, 0.2) is 0 Å². The second-order valence-corrected chi connectivity index (χ2v) is 9.23. The Morgan fingerprint density at radius 3 is 2.12 bits per heavy atom. The summed E-state index contributed by atoms with van der Waals surface area (Å²) in [6.07, 6.45) is 18.1. The Morgan fingerprint density at radius 1 is 0.885 bits per heavy atom. The lowest BCUT2D eigenvalue weighted by molar-refractivity contribution is 0.101. The fourth-order valence-corrected chi connectivity index (χ4v) is 6.30. The first-order chi connectivity index (χ1) is 12.6. The molecule has 0 aliphatic heterocycles. The maximum Gasteiger partial charge on any atom is -0.000702 e. The van der Waals surface area contributed by atoms with Crippen LogP contribution in [0.25, 0.3) is 0 Å². The van der Waals surface area contributed by atoms with E-state index in [9.17, 15) is 0 Å². The molecule has 0 heterocycles. The molecule has 144 valence electrons. The molecule has 26 heavy (non-hydrogen) atoms.